The minimum atomic E-state index is -0.340. The highest BCUT2D eigenvalue weighted by molar-refractivity contribution is 5.88. The Hall–Kier alpha value is -1.06. The van der Waals surface area contributed by atoms with Gasteiger partial charge < -0.3 is 9.64 Å². The third kappa shape index (κ3) is 1.42. The van der Waals surface area contributed by atoms with Crippen molar-refractivity contribution in [1.82, 2.24) is 4.90 Å². The minimum absolute atomic E-state index is 0.0490. The van der Waals surface area contributed by atoms with Gasteiger partial charge in [-0.05, 0) is 13.3 Å². The van der Waals surface area contributed by atoms with Gasteiger partial charge in [0.15, 0.2) is 0 Å². The number of carbonyl (C=O) groups excluding carboxylic acids is 2. The molecule has 0 radical (unpaired) electrons. The lowest BCUT2D eigenvalue weighted by molar-refractivity contribution is -0.149. The fraction of sp³-hybridized carbons (Fsp3) is 0.750. The first-order chi connectivity index (χ1) is 5.70. The quantitative estimate of drug-likeness (QED) is 0.556. The zero-order chi connectivity index (χ0) is 9.14. The smallest absolute Gasteiger partial charge is 0.328 e. The fourth-order valence-corrected chi connectivity index (χ4v) is 1.51. The van der Waals surface area contributed by atoms with Crippen LogP contribution in [0.4, 0.5) is 0 Å². The third-order valence-electron chi connectivity index (χ3n) is 2.14. The van der Waals surface area contributed by atoms with Gasteiger partial charge in [-0.2, -0.15) is 0 Å². The lowest BCUT2D eigenvalue weighted by Crippen LogP contribution is -2.38. The summed E-state index contributed by atoms with van der Waals surface area (Å²) in [5, 5.41) is 0. The van der Waals surface area contributed by atoms with E-state index in [1.807, 2.05) is 6.92 Å². The number of carbonyl (C=O) groups is 2. The van der Waals surface area contributed by atoms with E-state index in [1.165, 1.54) is 7.11 Å². The first-order valence-electron chi connectivity index (χ1n) is 4.08. The van der Waals surface area contributed by atoms with Gasteiger partial charge in [-0.15, -0.1) is 0 Å². The monoisotopic (exact) mass is 171 g/mol. The summed E-state index contributed by atoms with van der Waals surface area (Å²) in [5.41, 5.74) is 0. The summed E-state index contributed by atoms with van der Waals surface area (Å²) in [6.07, 6.45) is 1.06. The Morgan fingerprint density at radius 1 is 1.75 bits per heavy atom. The third-order valence-corrected chi connectivity index (χ3v) is 2.14. The van der Waals surface area contributed by atoms with Gasteiger partial charge in [0.25, 0.3) is 0 Å². The molecule has 0 aromatic rings. The fourth-order valence-electron chi connectivity index (χ4n) is 1.51. The zero-order valence-corrected chi connectivity index (χ0v) is 7.37. The largest absolute Gasteiger partial charge is 0.467 e. The number of likely N-dealkylation sites (N-methyl/N-ethyl adjacent to an activating group) is 1. The lowest BCUT2D eigenvalue weighted by atomic mass is 10.2. The highest BCUT2D eigenvalue weighted by Gasteiger charge is 2.35. The second-order valence-corrected chi connectivity index (χ2v) is 2.76. The van der Waals surface area contributed by atoms with Crippen molar-refractivity contribution in [2.24, 2.45) is 0 Å². The van der Waals surface area contributed by atoms with Crippen LogP contribution in [-0.2, 0) is 14.3 Å². The number of methoxy groups -OCH3 is 1. The van der Waals surface area contributed by atoms with Crippen LogP contribution < -0.4 is 0 Å². The minimum Gasteiger partial charge on any atom is -0.467 e. The first-order valence-corrected chi connectivity index (χ1v) is 4.08. The molecule has 1 fully saturated rings. The van der Waals surface area contributed by atoms with Gasteiger partial charge in [-0.25, -0.2) is 4.79 Å². The van der Waals surface area contributed by atoms with Crippen LogP contribution in [0.1, 0.15) is 19.8 Å². The molecular formula is C8H13NO3. The molecule has 0 bridgehead atoms. The molecule has 0 aliphatic carbocycles. The van der Waals surface area contributed by atoms with E-state index in [4.69, 9.17) is 0 Å². The van der Waals surface area contributed by atoms with Crippen molar-refractivity contribution in [3.8, 4) is 0 Å². The summed E-state index contributed by atoms with van der Waals surface area (Å²) in [6.45, 7) is 2.44. The molecule has 1 unspecified atom stereocenters. The predicted octanol–water partition coefficient (Wildman–Crippen LogP) is 0.170. The van der Waals surface area contributed by atoms with Crippen molar-refractivity contribution in [1.29, 1.82) is 0 Å². The van der Waals surface area contributed by atoms with Gasteiger partial charge in [-0.1, -0.05) is 0 Å². The molecule has 0 saturated carbocycles. The van der Waals surface area contributed by atoms with Gasteiger partial charge in [0.05, 0.1) is 7.11 Å². The molecule has 0 spiro atoms. The number of hydrogen-bond acceptors (Lipinski definition) is 3. The number of hydrogen-bond donors (Lipinski definition) is 0. The maximum atomic E-state index is 11.2. The van der Waals surface area contributed by atoms with E-state index in [0.29, 0.717) is 19.4 Å². The highest BCUT2D eigenvalue weighted by atomic mass is 16.5. The molecule has 0 aromatic carbocycles. The topological polar surface area (TPSA) is 46.6 Å². The summed E-state index contributed by atoms with van der Waals surface area (Å²) in [6, 6.07) is -0.340. The standard InChI is InChI=1S/C8H13NO3/c1-3-9-6(8(11)12-2)4-5-7(9)10/h6H,3-5H2,1-2H3. The number of amides is 1. The Morgan fingerprint density at radius 3 is 2.92 bits per heavy atom. The molecule has 1 heterocycles. The second-order valence-electron chi connectivity index (χ2n) is 2.76. The van der Waals surface area contributed by atoms with Gasteiger partial charge in [0.2, 0.25) is 5.91 Å². The lowest BCUT2D eigenvalue weighted by Gasteiger charge is -2.20. The molecule has 1 rings (SSSR count). The number of nitrogens with zero attached hydrogens (tertiary/aromatic N) is 1. The summed E-state index contributed by atoms with van der Waals surface area (Å²) >= 11 is 0. The second kappa shape index (κ2) is 3.56. The van der Waals surface area contributed by atoms with Crippen LogP contribution in [0.15, 0.2) is 0 Å². The van der Waals surface area contributed by atoms with Crippen LogP contribution in [0.3, 0.4) is 0 Å². The molecule has 0 aromatic heterocycles. The van der Waals surface area contributed by atoms with E-state index in [0.717, 1.165) is 0 Å². The normalized spacial score (nSPS) is 23.0. The Labute approximate surface area is 71.5 Å². The van der Waals surface area contributed by atoms with Gasteiger partial charge in [0, 0.05) is 13.0 Å². The van der Waals surface area contributed by atoms with Crippen molar-refractivity contribution in [3.05, 3.63) is 0 Å². The molecule has 68 valence electrons. The highest BCUT2D eigenvalue weighted by Crippen LogP contribution is 2.18. The maximum Gasteiger partial charge on any atom is 0.328 e. The molecule has 1 saturated heterocycles. The van der Waals surface area contributed by atoms with Crippen molar-refractivity contribution in [3.63, 3.8) is 0 Å². The predicted molar refractivity (Wildman–Crippen MR) is 42.4 cm³/mol. The number of esters is 1. The van der Waals surface area contributed by atoms with E-state index in [1.54, 1.807) is 4.90 Å². The summed E-state index contributed by atoms with van der Waals surface area (Å²) in [5.74, 6) is -0.254. The zero-order valence-electron chi connectivity index (χ0n) is 7.37. The molecule has 12 heavy (non-hydrogen) atoms. The van der Waals surface area contributed by atoms with Gasteiger partial charge >= 0.3 is 5.97 Å². The average Bonchev–Trinajstić information content (AvgIpc) is 2.45. The number of ether oxygens (including phenoxy) is 1. The Balaban J connectivity index is 2.66. The molecule has 1 amide bonds. The molecular weight excluding hydrogens is 158 g/mol. The van der Waals surface area contributed by atoms with Crippen molar-refractivity contribution in [2.45, 2.75) is 25.8 Å². The maximum absolute atomic E-state index is 11.2. The van der Waals surface area contributed by atoms with Gasteiger partial charge in [-0.3, -0.25) is 4.79 Å². The molecule has 4 nitrogen and oxygen atoms in total. The molecule has 1 atom stereocenters. The molecule has 1 aliphatic rings. The van der Waals surface area contributed by atoms with Crippen LogP contribution in [0, 0.1) is 0 Å². The summed E-state index contributed by atoms with van der Waals surface area (Å²) < 4.78 is 4.58. The number of rotatable bonds is 2. The van der Waals surface area contributed by atoms with E-state index in [2.05, 4.69) is 4.74 Å². The van der Waals surface area contributed by atoms with Crippen LogP contribution in [0.2, 0.25) is 0 Å². The van der Waals surface area contributed by atoms with Crippen LogP contribution in [0.5, 0.6) is 0 Å². The summed E-state index contributed by atoms with van der Waals surface area (Å²) in [4.78, 5) is 23.8. The molecule has 4 heteroatoms. The van der Waals surface area contributed by atoms with Crippen molar-refractivity contribution < 1.29 is 14.3 Å². The molecule has 1 aliphatic heterocycles. The van der Waals surface area contributed by atoms with E-state index >= 15 is 0 Å². The Morgan fingerprint density at radius 2 is 2.42 bits per heavy atom. The number of likely N-dealkylation sites (tertiary alicyclic amines) is 1. The van der Waals surface area contributed by atoms with E-state index in [9.17, 15) is 9.59 Å². The van der Waals surface area contributed by atoms with E-state index in [-0.39, 0.29) is 17.9 Å². The van der Waals surface area contributed by atoms with Crippen LogP contribution in [0.25, 0.3) is 0 Å². The SMILES string of the molecule is CCN1C(=O)CCC1C(=O)OC. The molecule has 0 N–H and O–H groups in total. The Kier molecular flexibility index (Phi) is 2.68. The van der Waals surface area contributed by atoms with Crippen LogP contribution >= 0.6 is 0 Å². The average molecular weight is 171 g/mol. The summed E-state index contributed by atoms with van der Waals surface area (Å²) in [7, 11) is 1.35. The van der Waals surface area contributed by atoms with Crippen LogP contribution in [-0.4, -0.2) is 36.5 Å². The van der Waals surface area contributed by atoms with Gasteiger partial charge in [0.1, 0.15) is 6.04 Å². The van der Waals surface area contributed by atoms with Crippen molar-refractivity contribution >= 4 is 11.9 Å². The van der Waals surface area contributed by atoms with E-state index < -0.39 is 0 Å². The van der Waals surface area contributed by atoms with Crippen molar-refractivity contribution in [2.75, 3.05) is 13.7 Å². The first kappa shape index (κ1) is 9.03. The Bertz CT molecular complexity index is 202.